The summed E-state index contributed by atoms with van der Waals surface area (Å²) >= 11 is 0. The largest absolute Gasteiger partial charge is 0.494 e. The highest BCUT2D eigenvalue weighted by atomic mass is 16.5. The molecule has 4 aromatic rings. The predicted octanol–water partition coefficient (Wildman–Crippen LogP) is 8.85. The Bertz CT molecular complexity index is 1860. The van der Waals surface area contributed by atoms with E-state index in [4.69, 9.17) is 4.74 Å². The van der Waals surface area contributed by atoms with E-state index in [1.807, 2.05) is 67.8 Å². The number of rotatable bonds is 14. The minimum atomic E-state index is -1.11. The number of amides is 2. The van der Waals surface area contributed by atoms with E-state index in [9.17, 15) is 19.5 Å². The number of carboxylic acids is 1. The second-order valence-electron chi connectivity index (χ2n) is 14.4. The van der Waals surface area contributed by atoms with Gasteiger partial charge in [-0.05, 0) is 110 Å². The van der Waals surface area contributed by atoms with Gasteiger partial charge in [0.1, 0.15) is 12.3 Å². The number of allylic oxidation sites excluding steroid dienone is 2. The maximum absolute atomic E-state index is 13.4. The van der Waals surface area contributed by atoms with Crippen molar-refractivity contribution in [2.24, 2.45) is 17.8 Å². The van der Waals surface area contributed by atoms with Crippen molar-refractivity contribution >= 4 is 29.0 Å². The number of carbonyl (C=O) groups excluding carboxylic acids is 2. The number of hydrogen-bond acceptors (Lipinski definition) is 6. The molecule has 3 aromatic carbocycles. The standard InChI is InChI=1S/C44H50N4O5/c1-3-30-5-11-33(12-6-30)34-15-17-35(18-16-34)38-26-45-43(46-27-38)36-13-7-32(8-14-36)28-48(29-42(50)51)44(52)37-19-21-39(22-20-37)47-41(49)25-31-9-23-40(24-10-31)53-4-2/h7-10,13-14,17,19-24,26-27,30,33-34H,3-6,11-12,15-16,18,25,28-29H2,1-2H3,(H,47,49)(H,50,51). The van der Waals surface area contributed by atoms with Crippen LogP contribution in [0.4, 0.5) is 5.69 Å². The molecule has 0 spiro atoms. The fourth-order valence-electron chi connectivity index (χ4n) is 7.74. The lowest BCUT2D eigenvalue weighted by Crippen LogP contribution is -2.35. The second-order valence-corrected chi connectivity index (χ2v) is 14.4. The highest BCUT2D eigenvalue weighted by molar-refractivity contribution is 5.97. The molecule has 9 nitrogen and oxygen atoms in total. The van der Waals surface area contributed by atoms with Crippen molar-refractivity contribution in [2.45, 2.75) is 78.2 Å². The van der Waals surface area contributed by atoms with Gasteiger partial charge in [0, 0.05) is 41.3 Å². The monoisotopic (exact) mass is 714 g/mol. The van der Waals surface area contributed by atoms with Gasteiger partial charge < -0.3 is 20.1 Å². The lowest BCUT2D eigenvalue weighted by atomic mass is 9.71. The van der Waals surface area contributed by atoms with Gasteiger partial charge in [0.05, 0.1) is 13.0 Å². The Balaban J connectivity index is 1.02. The SMILES string of the molecule is CCOc1ccc(CC(=O)Nc2ccc(C(=O)N(CC(=O)O)Cc3ccc(-c4ncc(C5=CCC(C6CCC(CC)CC6)CC5)cn4)cc3)cc2)cc1. The van der Waals surface area contributed by atoms with Gasteiger partial charge in [-0.15, -0.1) is 0 Å². The molecule has 2 N–H and O–H groups in total. The molecule has 1 saturated carbocycles. The van der Waals surface area contributed by atoms with Crippen LogP contribution in [0.1, 0.15) is 92.3 Å². The lowest BCUT2D eigenvalue weighted by Gasteiger charge is -2.35. The number of ether oxygens (including phenoxy) is 1. The fraction of sp³-hybridized carbons (Fsp3) is 0.386. The Hall–Kier alpha value is -5.31. The van der Waals surface area contributed by atoms with Crippen LogP contribution < -0.4 is 10.1 Å². The minimum absolute atomic E-state index is 0.112. The molecule has 1 unspecified atom stereocenters. The van der Waals surface area contributed by atoms with E-state index in [0.29, 0.717) is 23.7 Å². The van der Waals surface area contributed by atoms with Crippen LogP contribution in [0.15, 0.2) is 91.3 Å². The van der Waals surface area contributed by atoms with Gasteiger partial charge in [-0.3, -0.25) is 14.4 Å². The average molecular weight is 715 g/mol. The van der Waals surface area contributed by atoms with E-state index in [1.165, 1.54) is 49.0 Å². The Morgan fingerprint density at radius 2 is 1.49 bits per heavy atom. The number of carboxylic acid groups (broad SMARTS) is 1. The van der Waals surface area contributed by atoms with Gasteiger partial charge in [0.2, 0.25) is 5.91 Å². The topological polar surface area (TPSA) is 122 Å². The molecule has 0 saturated heterocycles. The summed E-state index contributed by atoms with van der Waals surface area (Å²) in [5.41, 5.74) is 5.76. The average Bonchev–Trinajstić information content (AvgIpc) is 3.19. The maximum atomic E-state index is 13.4. The molecule has 53 heavy (non-hydrogen) atoms. The predicted molar refractivity (Wildman–Crippen MR) is 207 cm³/mol. The Labute approximate surface area is 312 Å². The zero-order chi connectivity index (χ0) is 37.2. The Morgan fingerprint density at radius 3 is 2.09 bits per heavy atom. The van der Waals surface area contributed by atoms with Gasteiger partial charge in [-0.2, -0.15) is 0 Å². The van der Waals surface area contributed by atoms with E-state index in [-0.39, 0.29) is 18.9 Å². The first-order valence-corrected chi connectivity index (χ1v) is 19.0. The number of carbonyl (C=O) groups is 3. The number of anilines is 1. The van der Waals surface area contributed by atoms with E-state index in [0.717, 1.165) is 58.6 Å². The molecular weight excluding hydrogens is 665 g/mol. The summed E-state index contributed by atoms with van der Waals surface area (Å²) in [4.78, 5) is 48.4. The number of nitrogens with one attached hydrogen (secondary N) is 1. The van der Waals surface area contributed by atoms with E-state index < -0.39 is 18.4 Å². The molecule has 276 valence electrons. The van der Waals surface area contributed by atoms with Gasteiger partial charge >= 0.3 is 5.97 Å². The zero-order valence-corrected chi connectivity index (χ0v) is 30.8. The van der Waals surface area contributed by atoms with Crippen LogP contribution in [0.25, 0.3) is 17.0 Å². The molecule has 2 amide bonds. The highest BCUT2D eigenvalue weighted by Crippen LogP contribution is 2.41. The van der Waals surface area contributed by atoms with Gasteiger partial charge in [0.15, 0.2) is 5.82 Å². The van der Waals surface area contributed by atoms with E-state index in [2.05, 4.69) is 28.3 Å². The van der Waals surface area contributed by atoms with Crippen LogP contribution in [-0.2, 0) is 22.6 Å². The number of aliphatic carboxylic acids is 1. The van der Waals surface area contributed by atoms with Crippen molar-refractivity contribution in [3.8, 4) is 17.1 Å². The Morgan fingerprint density at radius 1 is 0.811 bits per heavy atom. The van der Waals surface area contributed by atoms with Crippen molar-refractivity contribution in [1.29, 1.82) is 0 Å². The quantitative estimate of drug-likeness (QED) is 0.134. The Kier molecular flexibility index (Phi) is 12.7. The van der Waals surface area contributed by atoms with Crippen LogP contribution in [0.5, 0.6) is 5.75 Å². The third-order valence-electron chi connectivity index (χ3n) is 10.8. The number of benzene rings is 3. The molecule has 0 bridgehead atoms. The number of aromatic nitrogens is 2. The maximum Gasteiger partial charge on any atom is 0.323 e. The second kappa shape index (κ2) is 17.9. The highest BCUT2D eigenvalue weighted by Gasteiger charge is 2.28. The van der Waals surface area contributed by atoms with Crippen LogP contribution in [0.3, 0.4) is 0 Å². The molecule has 1 atom stereocenters. The molecule has 2 aliphatic carbocycles. The summed E-state index contributed by atoms with van der Waals surface area (Å²) in [7, 11) is 0. The third kappa shape index (κ3) is 10.2. The minimum Gasteiger partial charge on any atom is -0.494 e. The van der Waals surface area contributed by atoms with Gasteiger partial charge in [-0.1, -0.05) is 68.7 Å². The summed E-state index contributed by atoms with van der Waals surface area (Å²) in [5, 5.41) is 12.4. The summed E-state index contributed by atoms with van der Waals surface area (Å²) in [6, 6.07) is 21.4. The van der Waals surface area contributed by atoms with Crippen molar-refractivity contribution < 1.29 is 24.2 Å². The summed E-state index contributed by atoms with van der Waals surface area (Å²) in [6.07, 6.45) is 16.8. The fourth-order valence-corrected chi connectivity index (χ4v) is 7.74. The number of nitrogens with zero attached hydrogens (tertiary/aromatic N) is 3. The molecule has 1 fully saturated rings. The normalized spacial score (nSPS) is 18.5. The van der Waals surface area contributed by atoms with Gasteiger partial charge in [0.25, 0.3) is 5.91 Å². The van der Waals surface area contributed by atoms with Crippen molar-refractivity contribution in [1.82, 2.24) is 14.9 Å². The molecular formula is C44H50N4O5. The van der Waals surface area contributed by atoms with Crippen molar-refractivity contribution in [3.05, 3.63) is 114 Å². The van der Waals surface area contributed by atoms with Crippen molar-refractivity contribution in [2.75, 3.05) is 18.5 Å². The number of hydrogen-bond donors (Lipinski definition) is 2. The molecule has 9 heteroatoms. The van der Waals surface area contributed by atoms with Crippen LogP contribution in [0.2, 0.25) is 0 Å². The van der Waals surface area contributed by atoms with E-state index >= 15 is 0 Å². The van der Waals surface area contributed by atoms with Crippen molar-refractivity contribution in [3.63, 3.8) is 0 Å². The molecule has 2 aliphatic rings. The molecule has 0 radical (unpaired) electrons. The summed E-state index contributed by atoms with van der Waals surface area (Å²) in [5.74, 6) is 2.26. The molecule has 1 heterocycles. The smallest absolute Gasteiger partial charge is 0.323 e. The van der Waals surface area contributed by atoms with Crippen LogP contribution >= 0.6 is 0 Å². The zero-order valence-electron chi connectivity index (χ0n) is 30.8. The van der Waals surface area contributed by atoms with Crippen LogP contribution in [-0.4, -0.2) is 50.9 Å². The molecule has 0 aliphatic heterocycles. The summed E-state index contributed by atoms with van der Waals surface area (Å²) in [6.45, 7) is 4.47. The molecule has 1 aromatic heterocycles. The van der Waals surface area contributed by atoms with E-state index in [1.54, 1.807) is 24.3 Å². The van der Waals surface area contributed by atoms with Crippen LogP contribution in [0, 0.1) is 17.8 Å². The first kappa shape index (κ1) is 37.4. The van der Waals surface area contributed by atoms with Gasteiger partial charge in [-0.25, -0.2) is 9.97 Å². The first-order chi connectivity index (χ1) is 25.8. The third-order valence-corrected chi connectivity index (χ3v) is 10.8. The molecule has 6 rings (SSSR count). The lowest BCUT2D eigenvalue weighted by molar-refractivity contribution is -0.137. The first-order valence-electron chi connectivity index (χ1n) is 19.0. The summed E-state index contributed by atoms with van der Waals surface area (Å²) < 4.78 is 5.45.